The van der Waals surface area contributed by atoms with Crippen molar-refractivity contribution >= 4 is 0 Å². The lowest BCUT2D eigenvalue weighted by Gasteiger charge is -2.29. The molecular weight excluding hydrogens is 233 g/mol. The van der Waals surface area contributed by atoms with Gasteiger partial charge in [0, 0.05) is 0 Å². The Morgan fingerprint density at radius 2 is 1.40 bits per heavy atom. The van der Waals surface area contributed by atoms with Crippen molar-refractivity contribution in [2.24, 2.45) is 0 Å². The quantitative estimate of drug-likeness (QED) is 0.684. The summed E-state index contributed by atoms with van der Waals surface area (Å²) in [4.78, 5) is 0. The van der Waals surface area contributed by atoms with E-state index in [1.807, 2.05) is 0 Å². The number of alkyl halides is 7. The zero-order chi connectivity index (χ0) is 12.5. The molecule has 92 valence electrons. The van der Waals surface area contributed by atoms with Crippen molar-refractivity contribution in [3.05, 3.63) is 0 Å². The molecule has 0 aromatic heterocycles. The van der Waals surface area contributed by atoms with Crippen molar-refractivity contribution in [2.75, 3.05) is 0 Å². The first kappa shape index (κ1) is 14.5. The molecule has 0 aliphatic heterocycles. The molecule has 1 atom stereocenters. The van der Waals surface area contributed by atoms with Gasteiger partial charge in [0.1, 0.15) is 0 Å². The minimum atomic E-state index is -6.34. The molecule has 0 aromatic rings. The van der Waals surface area contributed by atoms with Gasteiger partial charge < -0.3 is 4.74 Å². The Balaban J connectivity index is 4.85. The molecule has 0 amide bonds. The molecule has 0 bridgehead atoms. The zero-order valence-electron chi connectivity index (χ0n) is 7.84. The molecule has 0 saturated carbocycles. The van der Waals surface area contributed by atoms with E-state index in [9.17, 15) is 30.7 Å². The standard InChI is InChI=1S/C7H9F7O/c1-3-4(2)15-7(13,14)5(8,9)6(10,11)12/h4H,3H2,1-2H3. The van der Waals surface area contributed by atoms with Gasteiger partial charge in [0.25, 0.3) is 0 Å². The predicted octanol–water partition coefficient (Wildman–Crippen LogP) is 3.59. The molecule has 0 saturated heterocycles. The van der Waals surface area contributed by atoms with Gasteiger partial charge in [-0.25, -0.2) is 0 Å². The fourth-order valence-electron chi connectivity index (χ4n) is 0.575. The van der Waals surface area contributed by atoms with E-state index in [4.69, 9.17) is 0 Å². The fourth-order valence-corrected chi connectivity index (χ4v) is 0.575. The summed E-state index contributed by atoms with van der Waals surface area (Å²) in [7, 11) is 0. The molecule has 0 spiro atoms. The van der Waals surface area contributed by atoms with Gasteiger partial charge in [0.15, 0.2) is 0 Å². The van der Waals surface area contributed by atoms with Gasteiger partial charge in [-0.05, 0) is 13.3 Å². The summed E-state index contributed by atoms with van der Waals surface area (Å²) in [5, 5.41) is 0. The summed E-state index contributed by atoms with van der Waals surface area (Å²) in [6.07, 6.45) is -13.4. The largest absolute Gasteiger partial charge is 0.462 e. The number of ether oxygens (including phenoxy) is 1. The van der Waals surface area contributed by atoms with Crippen molar-refractivity contribution in [1.29, 1.82) is 0 Å². The number of hydrogen-bond acceptors (Lipinski definition) is 1. The molecule has 0 N–H and O–H groups in total. The maximum Gasteiger partial charge on any atom is 0.462 e. The summed E-state index contributed by atoms with van der Waals surface area (Å²) in [5.41, 5.74) is 0. The van der Waals surface area contributed by atoms with Crippen LogP contribution in [0, 0.1) is 0 Å². The van der Waals surface area contributed by atoms with Crippen LogP contribution in [0.2, 0.25) is 0 Å². The third-order valence-electron chi connectivity index (χ3n) is 1.65. The van der Waals surface area contributed by atoms with Crippen molar-refractivity contribution in [2.45, 2.75) is 44.6 Å². The lowest BCUT2D eigenvalue weighted by atomic mass is 10.2. The zero-order valence-corrected chi connectivity index (χ0v) is 7.84. The van der Waals surface area contributed by atoms with Crippen LogP contribution in [0.5, 0.6) is 0 Å². The molecule has 8 heteroatoms. The minimum Gasteiger partial charge on any atom is -0.312 e. The minimum absolute atomic E-state index is 0.108. The molecule has 0 aromatic carbocycles. The van der Waals surface area contributed by atoms with E-state index in [2.05, 4.69) is 4.74 Å². The normalized spacial score (nSPS) is 16.6. The molecule has 1 unspecified atom stereocenters. The Hall–Kier alpha value is -0.530. The van der Waals surface area contributed by atoms with Crippen LogP contribution in [0.1, 0.15) is 20.3 Å². The molecule has 0 fully saturated rings. The van der Waals surface area contributed by atoms with Gasteiger partial charge in [0.2, 0.25) is 0 Å². The van der Waals surface area contributed by atoms with E-state index in [0.717, 1.165) is 6.92 Å². The first-order chi connectivity index (χ1) is 6.45. The van der Waals surface area contributed by atoms with Crippen LogP contribution in [0.4, 0.5) is 30.7 Å². The molecule has 0 heterocycles. The highest BCUT2D eigenvalue weighted by Gasteiger charge is 2.74. The van der Waals surface area contributed by atoms with Gasteiger partial charge >= 0.3 is 18.2 Å². The molecule has 0 aliphatic rings. The molecule has 15 heavy (non-hydrogen) atoms. The average molecular weight is 242 g/mol. The van der Waals surface area contributed by atoms with Crippen molar-refractivity contribution in [3.63, 3.8) is 0 Å². The van der Waals surface area contributed by atoms with E-state index in [1.165, 1.54) is 6.92 Å². The summed E-state index contributed by atoms with van der Waals surface area (Å²) in [5.74, 6) is -6.19. The van der Waals surface area contributed by atoms with Crippen LogP contribution in [0.3, 0.4) is 0 Å². The second-order valence-electron chi connectivity index (χ2n) is 2.93. The molecular formula is C7H9F7O. The smallest absolute Gasteiger partial charge is 0.312 e. The summed E-state index contributed by atoms with van der Waals surface area (Å²) in [6.45, 7) is 2.28. The first-order valence-electron chi connectivity index (χ1n) is 3.96. The maximum absolute atomic E-state index is 12.4. The van der Waals surface area contributed by atoms with Crippen LogP contribution >= 0.6 is 0 Å². The highest BCUT2D eigenvalue weighted by Crippen LogP contribution is 2.47. The molecule has 0 radical (unpaired) electrons. The van der Waals surface area contributed by atoms with Crippen molar-refractivity contribution in [3.8, 4) is 0 Å². The summed E-state index contributed by atoms with van der Waals surface area (Å²) < 4.78 is 87.4. The number of halogens is 7. The number of hydrogen-bond donors (Lipinski definition) is 0. The van der Waals surface area contributed by atoms with Gasteiger partial charge in [-0.2, -0.15) is 30.7 Å². The highest BCUT2D eigenvalue weighted by atomic mass is 19.4. The second-order valence-corrected chi connectivity index (χ2v) is 2.93. The van der Waals surface area contributed by atoms with Crippen LogP contribution in [0.25, 0.3) is 0 Å². The van der Waals surface area contributed by atoms with Gasteiger partial charge in [-0.3, -0.25) is 0 Å². The Morgan fingerprint density at radius 1 is 1.00 bits per heavy atom. The van der Waals surface area contributed by atoms with Crippen molar-refractivity contribution < 1.29 is 35.5 Å². The van der Waals surface area contributed by atoms with Crippen LogP contribution < -0.4 is 0 Å². The van der Waals surface area contributed by atoms with E-state index < -0.39 is 24.3 Å². The summed E-state index contributed by atoms with van der Waals surface area (Å²) >= 11 is 0. The monoisotopic (exact) mass is 242 g/mol. The molecule has 1 nitrogen and oxygen atoms in total. The third-order valence-corrected chi connectivity index (χ3v) is 1.65. The van der Waals surface area contributed by atoms with E-state index in [0.29, 0.717) is 0 Å². The third kappa shape index (κ3) is 2.96. The van der Waals surface area contributed by atoms with Crippen LogP contribution in [0.15, 0.2) is 0 Å². The fraction of sp³-hybridized carbons (Fsp3) is 1.00. The van der Waals surface area contributed by atoms with E-state index in [1.54, 1.807) is 0 Å². The van der Waals surface area contributed by atoms with Crippen LogP contribution in [-0.2, 0) is 4.74 Å². The second kappa shape index (κ2) is 4.15. The maximum atomic E-state index is 12.4. The van der Waals surface area contributed by atoms with Gasteiger partial charge in [-0.1, -0.05) is 6.92 Å². The van der Waals surface area contributed by atoms with E-state index >= 15 is 0 Å². The van der Waals surface area contributed by atoms with E-state index in [-0.39, 0.29) is 6.42 Å². The Labute approximate surface area is 81.2 Å². The predicted molar refractivity (Wildman–Crippen MR) is 36.8 cm³/mol. The van der Waals surface area contributed by atoms with Gasteiger partial charge in [0.05, 0.1) is 6.10 Å². The lowest BCUT2D eigenvalue weighted by Crippen LogP contribution is -2.54. The molecule has 0 aliphatic carbocycles. The Kier molecular flexibility index (Phi) is 4.00. The SMILES string of the molecule is CCC(C)OC(F)(F)C(F)(F)C(F)(F)F. The highest BCUT2D eigenvalue weighted by molar-refractivity contribution is 4.85. The average Bonchev–Trinajstić information content (AvgIpc) is 2.00. The topological polar surface area (TPSA) is 9.23 Å². The lowest BCUT2D eigenvalue weighted by molar-refractivity contribution is -0.430. The van der Waals surface area contributed by atoms with Crippen molar-refractivity contribution in [1.82, 2.24) is 0 Å². The Morgan fingerprint density at radius 3 is 1.67 bits per heavy atom. The Bertz CT molecular complexity index is 210. The van der Waals surface area contributed by atoms with Crippen LogP contribution in [-0.4, -0.2) is 24.3 Å². The first-order valence-corrected chi connectivity index (χ1v) is 3.96. The summed E-state index contributed by atoms with van der Waals surface area (Å²) in [6, 6.07) is 0. The molecule has 0 rings (SSSR count). The van der Waals surface area contributed by atoms with Gasteiger partial charge in [-0.15, -0.1) is 0 Å². The number of rotatable bonds is 4.